The van der Waals surface area contributed by atoms with Crippen molar-refractivity contribution in [2.45, 2.75) is 25.0 Å². The van der Waals surface area contributed by atoms with E-state index in [2.05, 4.69) is 33.5 Å². The lowest BCUT2D eigenvalue weighted by molar-refractivity contribution is 0.0470. The summed E-state index contributed by atoms with van der Waals surface area (Å²) < 4.78 is 12.7. The fourth-order valence-corrected chi connectivity index (χ4v) is 4.26. The van der Waals surface area contributed by atoms with E-state index in [1.54, 1.807) is 0 Å². The van der Waals surface area contributed by atoms with E-state index in [1.165, 1.54) is 11.1 Å². The molecule has 1 saturated heterocycles. The average molecular weight is 359 g/mol. The van der Waals surface area contributed by atoms with Gasteiger partial charge in [-0.1, -0.05) is 15.9 Å². The van der Waals surface area contributed by atoms with Crippen LogP contribution < -0.4 is 16.0 Å². The van der Waals surface area contributed by atoms with Crippen LogP contribution >= 0.6 is 27.7 Å². The largest absolute Gasteiger partial charge is 0.493 e. The maximum Gasteiger partial charge on any atom is 0.125 e. The summed E-state index contributed by atoms with van der Waals surface area (Å²) in [6, 6.07) is 4.39. The van der Waals surface area contributed by atoms with Gasteiger partial charge in [-0.05, 0) is 29.7 Å². The number of benzene rings is 1. The Morgan fingerprint density at radius 3 is 3.10 bits per heavy atom. The summed E-state index contributed by atoms with van der Waals surface area (Å²) in [6.07, 6.45) is 1.97. The Labute approximate surface area is 131 Å². The molecule has 0 saturated carbocycles. The van der Waals surface area contributed by atoms with Crippen LogP contribution in [0, 0.1) is 0 Å². The lowest BCUT2D eigenvalue weighted by Crippen LogP contribution is -2.49. The predicted octanol–water partition coefficient (Wildman–Crippen LogP) is 1.89. The standard InChI is InChI=1S/C14H19BrN2O2S/c15-11-5-9-1-2-19-14(9)10(6-11)7-12(17-16)13-8-20-4-3-18-13/h5-6,12-13,17H,1-4,7-8,16H2. The molecule has 3 N–H and O–H groups in total. The Kier molecular flexibility index (Phi) is 4.88. The van der Waals surface area contributed by atoms with Crippen molar-refractivity contribution in [3.8, 4) is 5.75 Å². The normalized spacial score (nSPS) is 23.2. The van der Waals surface area contributed by atoms with Gasteiger partial charge in [0.1, 0.15) is 5.75 Å². The number of nitrogens with one attached hydrogen (secondary N) is 1. The molecule has 2 atom stereocenters. The summed E-state index contributed by atoms with van der Waals surface area (Å²) in [4.78, 5) is 0. The number of nitrogens with two attached hydrogens (primary N) is 1. The second-order valence-corrected chi connectivity index (χ2v) is 7.18. The van der Waals surface area contributed by atoms with Gasteiger partial charge in [-0.3, -0.25) is 11.3 Å². The Morgan fingerprint density at radius 1 is 1.45 bits per heavy atom. The molecule has 2 aliphatic rings. The van der Waals surface area contributed by atoms with Crippen molar-refractivity contribution in [1.82, 2.24) is 5.43 Å². The molecule has 0 amide bonds. The van der Waals surface area contributed by atoms with E-state index in [0.29, 0.717) is 0 Å². The Hall–Kier alpha value is -0.270. The molecule has 0 radical (unpaired) electrons. The van der Waals surface area contributed by atoms with Crippen molar-refractivity contribution in [2.75, 3.05) is 24.7 Å². The Balaban J connectivity index is 1.78. The molecular formula is C14H19BrN2O2S. The molecule has 0 aromatic heterocycles. The van der Waals surface area contributed by atoms with Gasteiger partial charge in [0.25, 0.3) is 0 Å². The summed E-state index contributed by atoms with van der Waals surface area (Å²) in [7, 11) is 0. The van der Waals surface area contributed by atoms with E-state index in [1.807, 2.05) is 11.8 Å². The van der Waals surface area contributed by atoms with Crippen LogP contribution in [0.4, 0.5) is 0 Å². The van der Waals surface area contributed by atoms with E-state index in [4.69, 9.17) is 15.3 Å². The van der Waals surface area contributed by atoms with E-state index in [0.717, 1.165) is 47.8 Å². The maximum atomic E-state index is 5.84. The van der Waals surface area contributed by atoms with Crippen molar-refractivity contribution >= 4 is 27.7 Å². The van der Waals surface area contributed by atoms with Crippen molar-refractivity contribution in [1.29, 1.82) is 0 Å². The molecule has 1 aromatic rings. The van der Waals surface area contributed by atoms with Crippen molar-refractivity contribution in [2.24, 2.45) is 5.84 Å². The minimum atomic E-state index is 0.116. The molecule has 3 rings (SSSR count). The Morgan fingerprint density at radius 2 is 2.35 bits per heavy atom. The lowest BCUT2D eigenvalue weighted by atomic mass is 9.99. The molecular weight excluding hydrogens is 340 g/mol. The minimum absolute atomic E-state index is 0.116. The molecule has 110 valence electrons. The zero-order valence-electron chi connectivity index (χ0n) is 11.2. The van der Waals surface area contributed by atoms with Gasteiger partial charge < -0.3 is 9.47 Å². The number of rotatable bonds is 4. The highest BCUT2D eigenvalue weighted by atomic mass is 79.9. The van der Waals surface area contributed by atoms with Crippen LogP contribution in [-0.4, -0.2) is 36.9 Å². The molecule has 2 unspecified atom stereocenters. The fraction of sp³-hybridized carbons (Fsp3) is 0.571. The molecule has 6 heteroatoms. The predicted molar refractivity (Wildman–Crippen MR) is 85.2 cm³/mol. The third kappa shape index (κ3) is 3.14. The van der Waals surface area contributed by atoms with Gasteiger partial charge in [-0.25, -0.2) is 0 Å². The zero-order valence-corrected chi connectivity index (χ0v) is 13.6. The monoisotopic (exact) mass is 358 g/mol. The number of hydrogen-bond acceptors (Lipinski definition) is 5. The van der Waals surface area contributed by atoms with Gasteiger partial charge in [-0.2, -0.15) is 11.8 Å². The quantitative estimate of drug-likeness (QED) is 0.635. The summed E-state index contributed by atoms with van der Waals surface area (Å²) >= 11 is 5.51. The zero-order chi connectivity index (χ0) is 13.9. The number of ether oxygens (including phenoxy) is 2. The van der Waals surface area contributed by atoms with Crippen LogP contribution in [0.3, 0.4) is 0 Å². The molecule has 1 aromatic carbocycles. The van der Waals surface area contributed by atoms with Gasteiger partial charge in [-0.15, -0.1) is 0 Å². The van der Waals surface area contributed by atoms with Crippen molar-refractivity contribution in [3.63, 3.8) is 0 Å². The van der Waals surface area contributed by atoms with Crippen LogP contribution in [0.25, 0.3) is 0 Å². The number of hydrogen-bond donors (Lipinski definition) is 2. The minimum Gasteiger partial charge on any atom is -0.493 e. The molecule has 2 heterocycles. The molecule has 2 aliphatic heterocycles. The number of hydrazine groups is 1. The van der Waals surface area contributed by atoms with Gasteiger partial charge >= 0.3 is 0 Å². The second kappa shape index (κ2) is 6.66. The topological polar surface area (TPSA) is 56.5 Å². The third-order valence-corrected chi connectivity index (χ3v) is 5.25. The highest BCUT2D eigenvalue weighted by Crippen LogP contribution is 2.34. The highest BCUT2D eigenvalue weighted by Gasteiger charge is 2.27. The first kappa shape index (κ1) is 14.7. The van der Waals surface area contributed by atoms with Gasteiger partial charge in [0, 0.05) is 22.4 Å². The first-order valence-corrected chi connectivity index (χ1v) is 8.82. The first-order valence-electron chi connectivity index (χ1n) is 6.87. The molecule has 0 spiro atoms. The number of thioether (sulfide) groups is 1. The molecule has 0 aliphatic carbocycles. The van der Waals surface area contributed by atoms with E-state index in [-0.39, 0.29) is 12.1 Å². The van der Waals surface area contributed by atoms with Gasteiger partial charge in [0.15, 0.2) is 0 Å². The summed E-state index contributed by atoms with van der Waals surface area (Å²) in [5, 5.41) is 0. The molecule has 20 heavy (non-hydrogen) atoms. The first-order chi connectivity index (χ1) is 9.78. The number of fused-ring (bicyclic) bond motifs is 1. The molecule has 0 bridgehead atoms. The lowest BCUT2D eigenvalue weighted by Gasteiger charge is -2.30. The SMILES string of the molecule is NNC(Cc1cc(Br)cc2c1OCC2)C1CSCCO1. The van der Waals surface area contributed by atoms with Crippen molar-refractivity contribution in [3.05, 3.63) is 27.7 Å². The summed E-state index contributed by atoms with van der Waals surface area (Å²) in [5.41, 5.74) is 5.41. The van der Waals surface area contributed by atoms with E-state index < -0.39 is 0 Å². The average Bonchev–Trinajstić information content (AvgIpc) is 2.93. The fourth-order valence-electron chi connectivity index (χ4n) is 2.77. The number of halogens is 1. The van der Waals surface area contributed by atoms with Crippen LogP contribution in [0.2, 0.25) is 0 Å². The van der Waals surface area contributed by atoms with Crippen LogP contribution in [0.1, 0.15) is 11.1 Å². The summed E-state index contributed by atoms with van der Waals surface area (Å²) in [6.45, 7) is 1.58. The van der Waals surface area contributed by atoms with E-state index in [9.17, 15) is 0 Å². The van der Waals surface area contributed by atoms with Gasteiger partial charge in [0.2, 0.25) is 0 Å². The van der Waals surface area contributed by atoms with E-state index >= 15 is 0 Å². The summed E-state index contributed by atoms with van der Waals surface area (Å²) in [5.74, 6) is 8.85. The Bertz CT molecular complexity index is 480. The second-order valence-electron chi connectivity index (χ2n) is 5.11. The maximum absolute atomic E-state index is 5.84. The van der Waals surface area contributed by atoms with Crippen LogP contribution in [0.5, 0.6) is 5.75 Å². The molecule has 4 nitrogen and oxygen atoms in total. The third-order valence-electron chi connectivity index (χ3n) is 3.77. The molecule has 1 fully saturated rings. The highest BCUT2D eigenvalue weighted by molar-refractivity contribution is 9.10. The van der Waals surface area contributed by atoms with Crippen LogP contribution in [-0.2, 0) is 17.6 Å². The smallest absolute Gasteiger partial charge is 0.125 e. The van der Waals surface area contributed by atoms with Crippen LogP contribution in [0.15, 0.2) is 16.6 Å². The van der Waals surface area contributed by atoms with Gasteiger partial charge in [0.05, 0.1) is 25.4 Å². The van der Waals surface area contributed by atoms with Crippen molar-refractivity contribution < 1.29 is 9.47 Å².